The first-order valence-corrected chi connectivity index (χ1v) is 12.1. The first-order valence-electron chi connectivity index (χ1n) is 12.1. The van der Waals surface area contributed by atoms with Crippen LogP contribution in [-0.2, 0) is 0 Å². The fraction of sp³-hybridized carbons (Fsp3) is 0.161. The van der Waals surface area contributed by atoms with Crippen LogP contribution in [0.1, 0.15) is 27.6 Å². The summed E-state index contributed by atoms with van der Waals surface area (Å²) in [4.78, 5) is 24.3. The van der Waals surface area contributed by atoms with Crippen LogP contribution in [-0.4, -0.2) is 39.9 Å². The Morgan fingerprint density at radius 2 is 0.821 bits per heavy atom. The van der Waals surface area contributed by atoms with Gasteiger partial charge in [-0.3, -0.25) is 0 Å². The Hall–Kier alpha value is -4.98. The third kappa shape index (κ3) is 7.75. The number of hydrogen-bond donors (Lipinski definition) is 0. The Kier molecular flexibility index (Phi) is 10.8. The van der Waals surface area contributed by atoms with E-state index in [1.807, 2.05) is 19.1 Å². The van der Waals surface area contributed by atoms with Gasteiger partial charge in [-0.05, 0) is 55.5 Å². The molecule has 0 heterocycles. The Morgan fingerprint density at radius 1 is 0.487 bits per heavy atom. The van der Waals surface area contributed by atoms with Crippen LogP contribution in [0.25, 0.3) is 0 Å². The number of benzene rings is 4. The molecule has 0 aliphatic rings. The van der Waals surface area contributed by atoms with E-state index in [9.17, 15) is 9.59 Å². The minimum Gasteiger partial charge on any atom is -0.496 e. The van der Waals surface area contributed by atoms with Crippen molar-refractivity contribution in [2.75, 3.05) is 27.9 Å². The van der Waals surface area contributed by atoms with Crippen molar-refractivity contribution in [3.8, 4) is 34.5 Å². The van der Waals surface area contributed by atoms with Crippen LogP contribution in [0.5, 0.6) is 34.5 Å². The normalized spacial score (nSPS) is 9.85. The lowest BCUT2D eigenvalue weighted by atomic mass is 10.2. The standard InChI is InChI=1S/C16H16O4.C15H14O4/c1-3-19-13-9-5-4-8-12(13)16(17)20-15-11-7-6-10-14(15)18-2;1-17-12-8-4-3-7-11(12)15(16)19-14-10-6-5-9-13(14)18-2/h4-11H,3H2,1-2H3;3-10H,1-2H3. The van der Waals surface area contributed by atoms with E-state index in [1.54, 1.807) is 84.9 Å². The lowest BCUT2D eigenvalue weighted by Gasteiger charge is -2.11. The summed E-state index contributed by atoms with van der Waals surface area (Å²) in [6.45, 7) is 2.35. The number of carbonyl (C=O) groups excluding carboxylic acids is 2. The lowest BCUT2D eigenvalue weighted by Crippen LogP contribution is -2.11. The summed E-state index contributed by atoms with van der Waals surface area (Å²) in [5.41, 5.74) is 0.760. The van der Waals surface area contributed by atoms with E-state index < -0.39 is 11.9 Å². The molecule has 4 aromatic carbocycles. The highest BCUT2D eigenvalue weighted by molar-refractivity contribution is 5.94. The van der Waals surface area contributed by atoms with Crippen molar-refractivity contribution in [2.45, 2.75) is 6.92 Å². The smallest absolute Gasteiger partial charge is 0.347 e. The van der Waals surface area contributed by atoms with Gasteiger partial charge in [-0.2, -0.15) is 0 Å². The molecule has 202 valence electrons. The molecule has 0 aliphatic heterocycles. The van der Waals surface area contributed by atoms with Gasteiger partial charge in [-0.1, -0.05) is 48.5 Å². The summed E-state index contributed by atoms with van der Waals surface area (Å²) in [7, 11) is 4.56. The molecule has 0 spiro atoms. The van der Waals surface area contributed by atoms with E-state index in [4.69, 9.17) is 28.4 Å². The number of methoxy groups -OCH3 is 3. The quantitative estimate of drug-likeness (QED) is 0.186. The summed E-state index contributed by atoms with van der Waals surface area (Å²) < 4.78 is 31.5. The van der Waals surface area contributed by atoms with Crippen LogP contribution in [0.4, 0.5) is 0 Å². The molecule has 39 heavy (non-hydrogen) atoms. The average Bonchev–Trinajstić information content (AvgIpc) is 2.98. The highest BCUT2D eigenvalue weighted by Gasteiger charge is 2.17. The van der Waals surface area contributed by atoms with Crippen LogP contribution in [0.3, 0.4) is 0 Å². The fourth-order valence-electron chi connectivity index (χ4n) is 3.45. The predicted octanol–water partition coefficient (Wildman–Crippen LogP) is 6.24. The summed E-state index contributed by atoms with van der Waals surface area (Å²) in [6.07, 6.45) is 0. The van der Waals surface area contributed by atoms with E-state index >= 15 is 0 Å². The molecule has 0 radical (unpaired) electrons. The Labute approximate surface area is 227 Å². The van der Waals surface area contributed by atoms with E-state index in [1.165, 1.54) is 21.3 Å². The molecular weight excluding hydrogens is 500 g/mol. The van der Waals surface area contributed by atoms with Crippen molar-refractivity contribution < 1.29 is 38.0 Å². The van der Waals surface area contributed by atoms with E-state index in [2.05, 4.69) is 0 Å². The summed E-state index contributed by atoms with van der Waals surface area (Å²) >= 11 is 0. The Bertz CT molecular complexity index is 1380. The molecule has 0 amide bonds. The van der Waals surface area contributed by atoms with Crippen LogP contribution < -0.4 is 28.4 Å². The zero-order valence-electron chi connectivity index (χ0n) is 22.2. The maximum atomic E-state index is 12.2. The van der Waals surface area contributed by atoms with Gasteiger partial charge in [-0.15, -0.1) is 0 Å². The lowest BCUT2D eigenvalue weighted by molar-refractivity contribution is 0.0716. The average molecular weight is 531 g/mol. The van der Waals surface area contributed by atoms with Crippen molar-refractivity contribution in [1.29, 1.82) is 0 Å². The van der Waals surface area contributed by atoms with Crippen molar-refractivity contribution in [3.05, 3.63) is 108 Å². The molecule has 0 unspecified atom stereocenters. The van der Waals surface area contributed by atoms with Gasteiger partial charge in [0.05, 0.1) is 27.9 Å². The van der Waals surface area contributed by atoms with Crippen LogP contribution in [0.2, 0.25) is 0 Å². The molecule has 0 bridgehead atoms. The fourth-order valence-corrected chi connectivity index (χ4v) is 3.45. The largest absolute Gasteiger partial charge is 0.496 e. The molecule has 0 fully saturated rings. The van der Waals surface area contributed by atoms with Crippen LogP contribution in [0.15, 0.2) is 97.1 Å². The maximum Gasteiger partial charge on any atom is 0.347 e. The zero-order valence-corrected chi connectivity index (χ0v) is 22.2. The molecular formula is C31H30O8. The van der Waals surface area contributed by atoms with E-state index in [0.717, 1.165) is 0 Å². The first kappa shape index (κ1) is 28.6. The summed E-state index contributed by atoms with van der Waals surface area (Å²) in [5, 5.41) is 0. The second-order valence-electron chi connectivity index (χ2n) is 7.71. The second-order valence-corrected chi connectivity index (χ2v) is 7.71. The third-order valence-electron chi connectivity index (χ3n) is 5.28. The van der Waals surface area contributed by atoms with Crippen LogP contribution >= 0.6 is 0 Å². The Balaban J connectivity index is 0.000000216. The molecule has 0 aliphatic carbocycles. The number of esters is 2. The predicted molar refractivity (Wildman–Crippen MR) is 147 cm³/mol. The monoisotopic (exact) mass is 530 g/mol. The number of rotatable bonds is 9. The first-order chi connectivity index (χ1) is 19.0. The van der Waals surface area contributed by atoms with E-state index in [-0.39, 0.29) is 0 Å². The summed E-state index contributed by atoms with van der Waals surface area (Å²) in [6, 6.07) is 27.9. The van der Waals surface area contributed by atoms with Gasteiger partial charge in [0.15, 0.2) is 23.0 Å². The molecule has 0 aromatic heterocycles. The summed E-state index contributed by atoms with van der Waals surface area (Å²) in [5.74, 6) is 1.80. The van der Waals surface area contributed by atoms with E-state index in [0.29, 0.717) is 52.2 Å². The molecule has 0 atom stereocenters. The van der Waals surface area contributed by atoms with Crippen molar-refractivity contribution in [2.24, 2.45) is 0 Å². The van der Waals surface area contributed by atoms with Crippen molar-refractivity contribution in [1.82, 2.24) is 0 Å². The van der Waals surface area contributed by atoms with Gasteiger partial charge in [0.2, 0.25) is 0 Å². The minimum absolute atomic E-state index is 0.371. The second kappa shape index (κ2) is 14.7. The number of hydrogen-bond acceptors (Lipinski definition) is 8. The van der Waals surface area contributed by atoms with Gasteiger partial charge in [0, 0.05) is 0 Å². The molecule has 8 nitrogen and oxygen atoms in total. The molecule has 0 saturated carbocycles. The molecule has 4 aromatic rings. The number of para-hydroxylation sites is 6. The third-order valence-corrected chi connectivity index (χ3v) is 5.28. The van der Waals surface area contributed by atoms with Gasteiger partial charge in [0.25, 0.3) is 0 Å². The van der Waals surface area contributed by atoms with Gasteiger partial charge >= 0.3 is 11.9 Å². The highest BCUT2D eigenvalue weighted by atomic mass is 16.6. The molecule has 0 N–H and O–H groups in total. The SMILES string of the molecule is CCOc1ccccc1C(=O)Oc1ccccc1OC.COc1ccccc1OC(=O)c1ccccc1OC. The molecule has 4 rings (SSSR count). The minimum atomic E-state index is -0.484. The van der Waals surface area contributed by atoms with Gasteiger partial charge in [-0.25, -0.2) is 9.59 Å². The topological polar surface area (TPSA) is 89.5 Å². The van der Waals surface area contributed by atoms with Crippen molar-refractivity contribution >= 4 is 11.9 Å². The molecule has 8 heteroatoms. The van der Waals surface area contributed by atoms with Crippen molar-refractivity contribution in [3.63, 3.8) is 0 Å². The highest BCUT2D eigenvalue weighted by Crippen LogP contribution is 2.29. The number of carbonyl (C=O) groups is 2. The Morgan fingerprint density at radius 3 is 1.23 bits per heavy atom. The van der Waals surface area contributed by atoms with Gasteiger partial charge < -0.3 is 28.4 Å². The van der Waals surface area contributed by atoms with Gasteiger partial charge in [0.1, 0.15) is 22.6 Å². The van der Waals surface area contributed by atoms with Crippen LogP contribution in [0, 0.1) is 0 Å². The number of ether oxygens (including phenoxy) is 6. The zero-order chi connectivity index (χ0) is 28.0. The maximum absolute atomic E-state index is 12.2. The molecule has 0 saturated heterocycles.